The first-order chi connectivity index (χ1) is 5.48. The first-order valence-electron chi connectivity index (χ1n) is 3.55. The zero-order chi connectivity index (χ0) is 9.61. The predicted molar refractivity (Wildman–Crippen MR) is 47.1 cm³/mol. The lowest BCUT2D eigenvalue weighted by Gasteiger charge is -2.04. The first-order valence-corrected chi connectivity index (χ1v) is 5.03. The molecule has 0 atom stereocenters. The quantitative estimate of drug-likeness (QED) is 0.313. The van der Waals surface area contributed by atoms with Crippen molar-refractivity contribution in [3.8, 4) is 0 Å². The highest BCUT2D eigenvalue weighted by Crippen LogP contribution is 1.78. The van der Waals surface area contributed by atoms with Gasteiger partial charge in [0.25, 0.3) is 10.2 Å². The van der Waals surface area contributed by atoms with Gasteiger partial charge in [0, 0.05) is 19.5 Å². The van der Waals surface area contributed by atoms with Gasteiger partial charge < -0.3 is 5.73 Å². The minimum absolute atomic E-state index is 0.0331. The van der Waals surface area contributed by atoms with Gasteiger partial charge >= 0.3 is 0 Å². The molecule has 5 N–H and O–H groups in total. The molecule has 0 unspecified atom stereocenters. The van der Waals surface area contributed by atoms with Gasteiger partial charge in [0.05, 0.1) is 5.84 Å². The maximum absolute atomic E-state index is 10.9. The van der Waals surface area contributed by atoms with Crippen LogP contribution in [0.15, 0.2) is 0 Å². The third kappa shape index (κ3) is 6.08. The summed E-state index contributed by atoms with van der Waals surface area (Å²) in [7, 11) is -3.38. The Morgan fingerprint density at radius 1 is 1.50 bits per heavy atom. The van der Waals surface area contributed by atoms with E-state index in [1.165, 1.54) is 0 Å². The highest BCUT2D eigenvalue weighted by Gasteiger charge is 2.05. The van der Waals surface area contributed by atoms with Crippen molar-refractivity contribution in [1.82, 2.24) is 9.44 Å². The molecule has 0 saturated heterocycles. The lowest BCUT2D eigenvalue weighted by molar-refractivity contribution is 0.570. The number of hydrogen-bond acceptors (Lipinski definition) is 3. The zero-order valence-electron chi connectivity index (χ0n) is 6.92. The molecule has 12 heavy (non-hydrogen) atoms. The largest absolute Gasteiger partial charge is 0.388 e. The average molecular weight is 194 g/mol. The van der Waals surface area contributed by atoms with E-state index in [2.05, 4.69) is 9.44 Å². The molecule has 0 aromatic carbocycles. The monoisotopic (exact) mass is 194 g/mol. The van der Waals surface area contributed by atoms with Crippen LogP contribution in [0.2, 0.25) is 0 Å². The van der Waals surface area contributed by atoms with E-state index in [-0.39, 0.29) is 18.8 Å². The summed E-state index contributed by atoms with van der Waals surface area (Å²) in [5, 5.41) is 6.83. The second-order valence-electron chi connectivity index (χ2n) is 2.17. The molecule has 0 saturated carbocycles. The van der Waals surface area contributed by atoms with Crippen LogP contribution in [0.3, 0.4) is 0 Å². The van der Waals surface area contributed by atoms with Gasteiger partial charge in [-0.15, -0.1) is 0 Å². The second kappa shape index (κ2) is 5.07. The maximum atomic E-state index is 10.9. The Balaban J connectivity index is 3.69. The van der Waals surface area contributed by atoms with E-state index in [1.807, 2.05) is 0 Å². The van der Waals surface area contributed by atoms with Crippen molar-refractivity contribution in [2.45, 2.75) is 13.3 Å². The summed E-state index contributed by atoms with van der Waals surface area (Å²) >= 11 is 0. The van der Waals surface area contributed by atoms with E-state index < -0.39 is 10.2 Å². The van der Waals surface area contributed by atoms with Crippen molar-refractivity contribution < 1.29 is 8.42 Å². The Kier molecular flexibility index (Phi) is 4.79. The summed E-state index contributed by atoms with van der Waals surface area (Å²) in [4.78, 5) is 0. The summed E-state index contributed by atoms with van der Waals surface area (Å²) in [6, 6.07) is 0. The Hall–Kier alpha value is -0.660. The lowest BCUT2D eigenvalue weighted by Crippen LogP contribution is -2.37. The van der Waals surface area contributed by atoms with E-state index in [0.29, 0.717) is 6.54 Å². The van der Waals surface area contributed by atoms with Gasteiger partial charge in [0.15, 0.2) is 0 Å². The van der Waals surface area contributed by atoms with Crippen molar-refractivity contribution in [2.24, 2.45) is 5.73 Å². The van der Waals surface area contributed by atoms with Gasteiger partial charge in [-0.3, -0.25) is 5.41 Å². The lowest BCUT2D eigenvalue weighted by atomic mass is 10.4. The maximum Gasteiger partial charge on any atom is 0.276 e. The topological polar surface area (TPSA) is 108 Å². The third-order valence-electron chi connectivity index (χ3n) is 1.02. The molecule has 0 amide bonds. The molecule has 0 aliphatic carbocycles. The van der Waals surface area contributed by atoms with Crippen LogP contribution in [-0.2, 0) is 10.2 Å². The van der Waals surface area contributed by atoms with Gasteiger partial charge in [-0.1, -0.05) is 6.92 Å². The fraction of sp³-hybridized carbons (Fsp3) is 0.800. The molecule has 7 heteroatoms. The molecule has 0 bridgehead atoms. The minimum atomic E-state index is -3.38. The molecular formula is C5H14N4O2S. The molecular weight excluding hydrogens is 180 g/mol. The molecule has 0 aliphatic rings. The number of rotatable bonds is 6. The van der Waals surface area contributed by atoms with Crippen molar-refractivity contribution >= 4 is 16.0 Å². The summed E-state index contributed by atoms with van der Waals surface area (Å²) in [6.45, 7) is 2.18. The number of nitrogens with one attached hydrogen (secondary N) is 3. The summed E-state index contributed by atoms with van der Waals surface area (Å²) < 4.78 is 26.2. The van der Waals surface area contributed by atoms with Gasteiger partial charge in [-0.05, 0) is 0 Å². The Morgan fingerprint density at radius 2 is 2.08 bits per heavy atom. The van der Waals surface area contributed by atoms with Crippen molar-refractivity contribution in [3.05, 3.63) is 0 Å². The van der Waals surface area contributed by atoms with Gasteiger partial charge in [-0.2, -0.15) is 8.42 Å². The zero-order valence-corrected chi connectivity index (χ0v) is 7.74. The van der Waals surface area contributed by atoms with Gasteiger partial charge in [0.1, 0.15) is 0 Å². The van der Waals surface area contributed by atoms with E-state index in [4.69, 9.17) is 11.1 Å². The normalized spacial score (nSPS) is 11.4. The fourth-order valence-corrected chi connectivity index (χ4v) is 1.41. The van der Waals surface area contributed by atoms with Crippen LogP contribution in [0, 0.1) is 5.41 Å². The van der Waals surface area contributed by atoms with E-state index >= 15 is 0 Å². The first kappa shape index (κ1) is 11.3. The molecule has 0 fully saturated rings. The third-order valence-corrected chi connectivity index (χ3v) is 2.27. The van der Waals surface area contributed by atoms with Crippen LogP contribution < -0.4 is 15.2 Å². The van der Waals surface area contributed by atoms with Crippen LogP contribution in [0.25, 0.3) is 0 Å². The van der Waals surface area contributed by atoms with Crippen LogP contribution in [0.4, 0.5) is 0 Å². The van der Waals surface area contributed by atoms with Crippen LogP contribution in [0.1, 0.15) is 13.3 Å². The smallest absolute Gasteiger partial charge is 0.276 e. The highest BCUT2D eigenvalue weighted by molar-refractivity contribution is 7.87. The summed E-state index contributed by atoms with van der Waals surface area (Å²) in [5.74, 6) is -0.0331. The molecule has 0 radical (unpaired) electrons. The van der Waals surface area contributed by atoms with Crippen molar-refractivity contribution in [3.63, 3.8) is 0 Å². The predicted octanol–water partition coefficient (Wildman–Crippen LogP) is -1.24. The number of nitrogens with two attached hydrogens (primary N) is 1. The van der Waals surface area contributed by atoms with Gasteiger partial charge in [-0.25, -0.2) is 9.44 Å². The molecule has 0 aliphatic heterocycles. The Bertz CT molecular complexity index is 236. The molecule has 0 aromatic heterocycles. The summed E-state index contributed by atoms with van der Waals surface area (Å²) in [6.07, 6.45) is 0.227. The molecule has 0 rings (SSSR count). The molecule has 0 heterocycles. The molecule has 0 aromatic rings. The Labute approximate surface area is 72.2 Å². The summed E-state index contributed by atoms with van der Waals surface area (Å²) in [5.41, 5.74) is 5.02. The SMILES string of the molecule is CCNS(=O)(=O)NCCC(=N)N. The van der Waals surface area contributed by atoms with Crippen molar-refractivity contribution in [1.29, 1.82) is 5.41 Å². The second-order valence-corrected chi connectivity index (χ2v) is 3.76. The standard InChI is InChI=1S/C5H14N4O2S/c1-2-8-12(10,11)9-4-3-5(6)7/h8-9H,2-4H2,1H3,(H3,6,7). The molecule has 6 nitrogen and oxygen atoms in total. The van der Waals surface area contributed by atoms with Crippen LogP contribution in [-0.4, -0.2) is 27.3 Å². The average Bonchev–Trinajstić information content (AvgIpc) is 1.85. The fourth-order valence-electron chi connectivity index (χ4n) is 0.561. The van der Waals surface area contributed by atoms with Crippen molar-refractivity contribution in [2.75, 3.05) is 13.1 Å². The van der Waals surface area contributed by atoms with E-state index in [1.54, 1.807) is 6.92 Å². The van der Waals surface area contributed by atoms with E-state index in [9.17, 15) is 8.42 Å². The van der Waals surface area contributed by atoms with E-state index in [0.717, 1.165) is 0 Å². The molecule has 72 valence electrons. The number of amidine groups is 1. The molecule has 0 spiro atoms. The minimum Gasteiger partial charge on any atom is -0.388 e. The highest BCUT2D eigenvalue weighted by atomic mass is 32.2. The van der Waals surface area contributed by atoms with Crippen LogP contribution >= 0.6 is 0 Å². The Morgan fingerprint density at radius 3 is 2.50 bits per heavy atom. The van der Waals surface area contributed by atoms with Crippen LogP contribution in [0.5, 0.6) is 0 Å². The van der Waals surface area contributed by atoms with Gasteiger partial charge in [0.2, 0.25) is 0 Å². The number of hydrogen-bond donors (Lipinski definition) is 4.